The highest BCUT2D eigenvalue weighted by Crippen LogP contribution is 2.05. The van der Waals surface area contributed by atoms with Gasteiger partial charge in [0, 0.05) is 6.42 Å². The summed E-state index contributed by atoms with van der Waals surface area (Å²) in [6.07, 6.45) is -1.41. The van der Waals surface area contributed by atoms with Crippen molar-refractivity contribution >= 4 is 35.6 Å². The third-order valence-corrected chi connectivity index (χ3v) is 3.75. The number of carboxylic acid groups (broad SMARTS) is 2. The van der Waals surface area contributed by atoms with Crippen LogP contribution in [0.15, 0.2) is 0 Å². The molecular formula is C16H27N5O8. The van der Waals surface area contributed by atoms with Crippen molar-refractivity contribution in [3.63, 3.8) is 0 Å². The number of amides is 4. The van der Waals surface area contributed by atoms with E-state index in [4.69, 9.17) is 21.7 Å². The molecule has 0 fully saturated rings. The minimum absolute atomic E-state index is 0.304. The number of primary amides is 1. The zero-order valence-electron chi connectivity index (χ0n) is 16.1. The van der Waals surface area contributed by atoms with Gasteiger partial charge in [-0.1, -0.05) is 13.8 Å². The molecule has 0 spiro atoms. The summed E-state index contributed by atoms with van der Waals surface area (Å²) in [6.45, 7) is 2.63. The van der Waals surface area contributed by atoms with Crippen molar-refractivity contribution in [3.05, 3.63) is 0 Å². The average molecular weight is 417 g/mol. The highest BCUT2D eigenvalue weighted by atomic mass is 16.4. The van der Waals surface area contributed by atoms with Crippen LogP contribution in [-0.4, -0.2) is 70.5 Å². The molecule has 0 heterocycles. The Morgan fingerprint density at radius 2 is 1.45 bits per heavy atom. The highest BCUT2D eigenvalue weighted by molar-refractivity contribution is 5.95. The molecule has 0 aliphatic heterocycles. The summed E-state index contributed by atoms with van der Waals surface area (Å²) in [6, 6.07) is -4.15. The van der Waals surface area contributed by atoms with Crippen LogP contribution < -0.4 is 27.4 Å². The van der Waals surface area contributed by atoms with Crippen LogP contribution in [0.2, 0.25) is 0 Å². The summed E-state index contributed by atoms with van der Waals surface area (Å²) in [7, 11) is 0. The highest BCUT2D eigenvalue weighted by Gasteiger charge is 2.31. The number of aliphatic carboxylic acids is 2. The maximum atomic E-state index is 12.4. The molecule has 0 aliphatic rings. The van der Waals surface area contributed by atoms with E-state index in [1.165, 1.54) is 0 Å². The molecule has 0 aliphatic carbocycles. The monoisotopic (exact) mass is 417 g/mol. The Kier molecular flexibility index (Phi) is 10.9. The number of hydrogen-bond acceptors (Lipinski definition) is 7. The topological polar surface area (TPSA) is 231 Å². The molecule has 9 N–H and O–H groups in total. The molecule has 3 atom stereocenters. The predicted molar refractivity (Wildman–Crippen MR) is 98.0 cm³/mol. The van der Waals surface area contributed by atoms with E-state index in [-0.39, 0.29) is 6.42 Å². The molecule has 4 amide bonds. The van der Waals surface area contributed by atoms with Crippen LogP contribution in [0.25, 0.3) is 0 Å². The van der Waals surface area contributed by atoms with Crippen molar-refractivity contribution in [2.45, 2.75) is 51.2 Å². The SMILES string of the molecule is CC(C)C(NC(=O)C(CC(N)=O)NC(=O)C(CCC(=O)O)NC(=O)CN)C(=O)O. The van der Waals surface area contributed by atoms with Crippen molar-refractivity contribution in [1.82, 2.24) is 16.0 Å². The van der Waals surface area contributed by atoms with Gasteiger partial charge in [0.15, 0.2) is 0 Å². The Labute approximate surface area is 166 Å². The van der Waals surface area contributed by atoms with Crippen molar-refractivity contribution in [2.24, 2.45) is 17.4 Å². The first-order valence-corrected chi connectivity index (χ1v) is 8.72. The molecule has 29 heavy (non-hydrogen) atoms. The Balaban J connectivity index is 5.41. The standard InChI is InChI=1S/C16H27N5O8/c1-7(2)13(16(28)29)21-15(27)9(5-10(18)22)20-14(26)8(3-4-12(24)25)19-11(23)6-17/h7-9,13H,3-6,17H2,1-2H3,(H2,18,22)(H,19,23)(H,20,26)(H,21,27)(H,24,25)(H,28,29). The summed E-state index contributed by atoms with van der Waals surface area (Å²) >= 11 is 0. The average Bonchev–Trinajstić information content (AvgIpc) is 2.60. The van der Waals surface area contributed by atoms with Gasteiger partial charge in [-0.25, -0.2) is 4.79 Å². The number of carbonyl (C=O) groups is 6. The van der Waals surface area contributed by atoms with E-state index in [0.717, 1.165) is 0 Å². The predicted octanol–water partition coefficient (Wildman–Crippen LogP) is -3.12. The van der Waals surface area contributed by atoms with Gasteiger partial charge in [0.05, 0.1) is 13.0 Å². The second kappa shape index (κ2) is 12.3. The quantitative estimate of drug-likeness (QED) is 0.160. The van der Waals surface area contributed by atoms with E-state index in [2.05, 4.69) is 16.0 Å². The molecule has 0 radical (unpaired) electrons. The summed E-state index contributed by atoms with van der Waals surface area (Å²) < 4.78 is 0. The van der Waals surface area contributed by atoms with Gasteiger partial charge in [-0.15, -0.1) is 0 Å². The molecule has 0 aromatic rings. The largest absolute Gasteiger partial charge is 0.481 e. The number of nitrogens with one attached hydrogen (secondary N) is 3. The molecule has 0 aromatic heterocycles. The molecule has 0 saturated heterocycles. The number of hydrogen-bond donors (Lipinski definition) is 7. The van der Waals surface area contributed by atoms with Gasteiger partial charge in [-0.3, -0.25) is 24.0 Å². The number of carbonyl (C=O) groups excluding carboxylic acids is 4. The maximum Gasteiger partial charge on any atom is 0.326 e. The van der Waals surface area contributed by atoms with Crippen LogP contribution in [0.3, 0.4) is 0 Å². The minimum Gasteiger partial charge on any atom is -0.481 e. The lowest BCUT2D eigenvalue weighted by Gasteiger charge is -2.24. The van der Waals surface area contributed by atoms with E-state index in [0.29, 0.717) is 0 Å². The summed E-state index contributed by atoms with van der Waals surface area (Å²) in [5, 5.41) is 24.6. The van der Waals surface area contributed by atoms with Crippen molar-refractivity contribution in [3.8, 4) is 0 Å². The summed E-state index contributed by atoms with van der Waals surface area (Å²) in [5.74, 6) is -6.64. The number of carboxylic acids is 2. The number of nitrogens with two attached hydrogens (primary N) is 2. The van der Waals surface area contributed by atoms with Gasteiger partial charge in [-0.05, 0) is 12.3 Å². The van der Waals surface area contributed by atoms with Gasteiger partial charge in [0.2, 0.25) is 23.6 Å². The van der Waals surface area contributed by atoms with E-state index < -0.39 is 79.0 Å². The smallest absolute Gasteiger partial charge is 0.326 e. The first-order chi connectivity index (χ1) is 13.4. The van der Waals surface area contributed by atoms with Crippen LogP contribution in [0.5, 0.6) is 0 Å². The second-order valence-electron chi connectivity index (χ2n) is 6.56. The fourth-order valence-corrected chi connectivity index (χ4v) is 2.24. The Hall–Kier alpha value is -3.22. The normalized spacial score (nSPS) is 13.7. The van der Waals surface area contributed by atoms with Crippen LogP contribution in [-0.2, 0) is 28.8 Å². The van der Waals surface area contributed by atoms with Gasteiger partial charge in [0.25, 0.3) is 0 Å². The van der Waals surface area contributed by atoms with Crippen LogP contribution in [0.1, 0.15) is 33.1 Å². The zero-order valence-corrected chi connectivity index (χ0v) is 16.1. The van der Waals surface area contributed by atoms with Crippen LogP contribution >= 0.6 is 0 Å². The van der Waals surface area contributed by atoms with Gasteiger partial charge < -0.3 is 37.6 Å². The number of rotatable bonds is 13. The Morgan fingerprint density at radius 3 is 1.86 bits per heavy atom. The van der Waals surface area contributed by atoms with Gasteiger partial charge >= 0.3 is 11.9 Å². The molecule has 0 bridgehead atoms. The molecule has 0 saturated carbocycles. The fraction of sp³-hybridized carbons (Fsp3) is 0.625. The molecule has 164 valence electrons. The Morgan fingerprint density at radius 1 is 0.897 bits per heavy atom. The second-order valence-corrected chi connectivity index (χ2v) is 6.56. The lowest BCUT2D eigenvalue weighted by molar-refractivity contribution is -0.143. The third-order valence-electron chi connectivity index (χ3n) is 3.75. The Bertz CT molecular complexity index is 651. The van der Waals surface area contributed by atoms with E-state index in [1.807, 2.05) is 0 Å². The molecule has 13 heteroatoms. The lowest BCUT2D eigenvalue weighted by Crippen LogP contribution is -2.57. The zero-order chi connectivity index (χ0) is 22.7. The van der Waals surface area contributed by atoms with Crippen molar-refractivity contribution in [1.29, 1.82) is 0 Å². The van der Waals surface area contributed by atoms with E-state index >= 15 is 0 Å². The molecule has 3 unspecified atom stereocenters. The molecule has 13 nitrogen and oxygen atoms in total. The summed E-state index contributed by atoms with van der Waals surface area (Å²) in [5.41, 5.74) is 10.2. The first kappa shape index (κ1) is 25.8. The van der Waals surface area contributed by atoms with Crippen LogP contribution in [0, 0.1) is 5.92 Å². The van der Waals surface area contributed by atoms with Crippen LogP contribution in [0.4, 0.5) is 0 Å². The lowest BCUT2D eigenvalue weighted by atomic mass is 10.0. The van der Waals surface area contributed by atoms with Crippen molar-refractivity contribution < 1.29 is 39.0 Å². The van der Waals surface area contributed by atoms with Gasteiger partial charge in [-0.2, -0.15) is 0 Å². The molecule has 0 rings (SSSR count). The fourth-order valence-electron chi connectivity index (χ4n) is 2.24. The summed E-state index contributed by atoms with van der Waals surface area (Å²) in [4.78, 5) is 69.6. The van der Waals surface area contributed by atoms with E-state index in [1.54, 1.807) is 13.8 Å². The molecular weight excluding hydrogens is 390 g/mol. The molecule has 0 aromatic carbocycles. The van der Waals surface area contributed by atoms with E-state index in [9.17, 15) is 28.8 Å². The first-order valence-electron chi connectivity index (χ1n) is 8.72. The maximum absolute atomic E-state index is 12.4. The van der Waals surface area contributed by atoms with Crippen molar-refractivity contribution in [2.75, 3.05) is 6.54 Å². The van der Waals surface area contributed by atoms with Gasteiger partial charge in [0.1, 0.15) is 18.1 Å². The third kappa shape index (κ3) is 10.0. The minimum atomic E-state index is -1.53.